The monoisotopic (exact) mass is 395 g/mol. The van der Waals surface area contributed by atoms with Crippen LogP contribution in [0.2, 0.25) is 0 Å². The first-order chi connectivity index (χ1) is 8.61. The molecule has 3 nitrogen and oxygen atoms in total. The maximum Gasteiger partial charge on any atom is 0.264 e. The molecule has 1 aliphatic rings. The molecule has 1 aliphatic heterocycles. The van der Waals surface area contributed by atoms with Gasteiger partial charge in [0.2, 0.25) is 0 Å². The highest BCUT2D eigenvalue weighted by molar-refractivity contribution is 9.13. The second-order valence-electron chi connectivity index (χ2n) is 4.24. The van der Waals surface area contributed by atoms with Gasteiger partial charge in [-0.1, -0.05) is 6.92 Å². The minimum Gasteiger partial charge on any atom is -0.376 e. The average Bonchev–Trinajstić information content (AvgIpc) is 2.58. The summed E-state index contributed by atoms with van der Waals surface area (Å²) in [6.45, 7) is 4.32. The first-order valence-corrected chi connectivity index (χ1v) is 8.37. The van der Waals surface area contributed by atoms with E-state index in [4.69, 9.17) is 4.74 Å². The Morgan fingerprint density at radius 3 is 3.00 bits per heavy atom. The molecule has 2 rings (SSSR count). The zero-order valence-corrected chi connectivity index (χ0v) is 14.1. The summed E-state index contributed by atoms with van der Waals surface area (Å²) in [5, 5.41) is 0. The van der Waals surface area contributed by atoms with Crippen LogP contribution in [0, 0.1) is 0 Å². The van der Waals surface area contributed by atoms with Crippen LogP contribution in [0.3, 0.4) is 0 Å². The number of carbonyl (C=O) groups excluding carboxylic acids is 1. The number of thiophene rings is 1. The molecule has 0 aliphatic carbocycles. The van der Waals surface area contributed by atoms with Crippen LogP contribution in [0.1, 0.15) is 29.4 Å². The standard InChI is InChI=1S/C12H15Br2NO2S/c1-2-8-7-15(4-3-5-17-8)12(16)10-6-9(13)11(14)18-10/h6,8H,2-5,7H2,1H3. The third-order valence-electron chi connectivity index (χ3n) is 2.95. The Kier molecular flexibility index (Phi) is 5.24. The Balaban J connectivity index is 2.11. The molecule has 1 unspecified atom stereocenters. The van der Waals surface area contributed by atoms with E-state index in [1.807, 2.05) is 11.0 Å². The van der Waals surface area contributed by atoms with E-state index in [1.165, 1.54) is 11.3 Å². The van der Waals surface area contributed by atoms with Gasteiger partial charge in [-0.25, -0.2) is 0 Å². The fourth-order valence-electron chi connectivity index (χ4n) is 1.93. The van der Waals surface area contributed by atoms with Crippen molar-refractivity contribution in [3.05, 3.63) is 19.2 Å². The molecule has 0 N–H and O–H groups in total. The normalized spacial score (nSPS) is 20.8. The second-order valence-corrected chi connectivity index (χ2v) is 7.46. The number of halogens is 2. The van der Waals surface area contributed by atoms with Crippen molar-refractivity contribution in [1.82, 2.24) is 4.90 Å². The number of nitrogens with zero attached hydrogens (tertiary/aromatic N) is 1. The van der Waals surface area contributed by atoms with E-state index in [0.29, 0.717) is 6.54 Å². The summed E-state index contributed by atoms with van der Waals surface area (Å²) in [6, 6.07) is 1.88. The molecular formula is C12H15Br2NO2S. The van der Waals surface area contributed by atoms with E-state index in [9.17, 15) is 4.79 Å². The maximum atomic E-state index is 12.4. The Bertz CT molecular complexity index is 416. The van der Waals surface area contributed by atoms with Crippen molar-refractivity contribution >= 4 is 49.1 Å². The van der Waals surface area contributed by atoms with Crippen LogP contribution in [0.15, 0.2) is 14.3 Å². The third kappa shape index (κ3) is 3.35. The lowest BCUT2D eigenvalue weighted by Crippen LogP contribution is -2.36. The lowest BCUT2D eigenvalue weighted by atomic mass is 10.2. The molecule has 0 aromatic carbocycles. The van der Waals surface area contributed by atoms with Crippen LogP contribution in [0.5, 0.6) is 0 Å². The fraction of sp³-hybridized carbons (Fsp3) is 0.583. The largest absolute Gasteiger partial charge is 0.376 e. The quantitative estimate of drug-likeness (QED) is 0.758. The lowest BCUT2D eigenvalue weighted by molar-refractivity contribution is 0.0462. The van der Waals surface area contributed by atoms with Crippen molar-refractivity contribution in [1.29, 1.82) is 0 Å². The van der Waals surface area contributed by atoms with E-state index >= 15 is 0 Å². The van der Waals surface area contributed by atoms with Crippen LogP contribution >= 0.6 is 43.2 Å². The Morgan fingerprint density at radius 2 is 2.39 bits per heavy atom. The van der Waals surface area contributed by atoms with Crippen LogP contribution in [-0.4, -0.2) is 36.6 Å². The molecule has 100 valence electrons. The summed E-state index contributed by atoms with van der Waals surface area (Å²) in [4.78, 5) is 15.1. The van der Waals surface area contributed by atoms with Gasteiger partial charge >= 0.3 is 0 Å². The molecule has 1 aromatic rings. The molecule has 18 heavy (non-hydrogen) atoms. The van der Waals surface area contributed by atoms with Crippen molar-refractivity contribution in [2.45, 2.75) is 25.9 Å². The first kappa shape index (κ1) is 14.5. The van der Waals surface area contributed by atoms with Gasteiger partial charge in [0.15, 0.2) is 0 Å². The molecule has 1 fully saturated rings. The van der Waals surface area contributed by atoms with Gasteiger partial charge in [-0.15, -0.1) is 11.3 Å². The van der Waals surface area contributed by atoms with Gasteiger partial charge in [0, 0.05) is 24.2 Å². The van der Waals surface area contributed by atoms with Crippen molar-refractivity contribution in [2.24, 2.45) is 0 Å². The van der Waals surface area contributed by atoms with Gasteiger partial charge in [-0.05, 0) is 50.8 Å². The van der Waals surface area contributed by atoms with Crippen LogP contribution in [-0.2, 0) is 4.74 Å². The molecule has 1 saturated heterocycles. The third-order valence-corrected chi connectivity index (χ3v) is 6.19. The molecule has 6 heteroatoms. The van der Waals surface area contributed by atoms with Crippen molar-refractivity contribution < 1.29 is 9.53 Å². The minimum absolute atomic E-state index is 0.107. The van der Waals surface area contributed by atoms with Gasteiger partial charge in [-0.2, -0.15) is 0 Å². The van der Waals surface area contributed by atoms with Gasteiger partial charge in [0.1, 0.15) is 0 Å². The summed E-state index contributed by atoms with van der Waals surface area (Å²) in [5.41, 5.74) is 0. The van der Waals surface area contributed by atoms with E-state index in [-0.39, 0.29) is 12.0 Å². The molecule has 2 heterocycles. The Hall–Kier alpha value is 0.0900. The number of hydrogen-bond donors (Lipinski definition) is 0. The molecule has 0 saturated carbocycles. The minimum atomic E-state index is 0.107. The van der Waals surface area contributed by atoms with Gasteiger partial charge < -0.3 is 9.64 Å². The molecule has 1 amide bonds. The number of ether oxygens (including phenoxy) is 1. The van der Waals surface area contributed by atoms with E-state index in [1.54, 1.807) is 0 Å². The summed E-state index contributed by atoms with van der Waals surface area (Å²) >= 11 is 8.31. The van der Waals surface area contributed by atoms with Gasteiger partial charge in [-0.3, -0.25) is 4.79 Å². The number of hydrogen-bond acceptors (Lipinski definition) is 3. The molecule has 1 aromatic heterocycles. The van der Waals surface area contributed by atoms with E-state index in [0.717, 1.165) is 39.1 Å². The zero-order chi connectivity index (χ0) is 13.1. The highest BCUT2D eigenvalue weighted by Crippen LogP contribution is 2.33. The van der Waals surface area contributed by atoms with Crippen LogP contribution < -0.4 is 0 Å². The predicted octanol–water partition coefficient (Wildman–Crippen LogP) is 3.91. The van der Waals surface area contributed by atoms with Gasteiger partial charge in [0.05, 0.1) is 14.8 Å². The highest BCUT2D eigenvalue weighted by Gasteiger charge is 2.24. The maximum absolute atomic E-state index is 12.4. The number of carbonyl (C=O) groups is 1. The molecule has 1 atom stereocenters. The lowest BCUT2D eigenvalue weighted by Gasteiger charge is -2.22. The topological polar surface area (TPSA) is 29.5 Å². The Labute approximate surface area is 128 Å². The van der Waals surface area contributed by atoms with Gasteiger partial charge in [0.25, 0.3) is 5.91 Å². The smallest absolute Gasteiger partial charge is 0.264 e. The number of amides is 1. The predicted molar refractivity (Wildman–Crippen MR) is 80.3 cm³/mol. The van der Waals surface area contributed by atoms with E-state index in [2.05, 4.69) is 38.8 Å². The molecule has 0 radical (unpaired) electrons. The SMILES string of the molecule is CCC1CN(C(=O)c2cc(Br)c(Br)s2)CCCO1. The summed E-state index contributed by atoms with van der Waals surface area (Å²) in [5.74, 6) is 0.107. The average molecular weight is 397 g/mol. The number of rotatable bonds is 2. The second kappa shape index (κ2) is 6.50. The molecule has 0 bridgehead atoms. The van der Waals surface area contributed by atoms with Crippen molar-refractivity contribution in [2.75, 3.05) is 19.7 Å². The zero-order valence-electron chi connectivity index (χ0n) is 10.1. The fourth-order valence-corrected chi connectivity index (χ4v) is 3.94. The highest BCUT2D eigenvalue weighted by atomic mass is 79.9. The summed E-state index contributed by atoms with van der Waals surface area (Å²) in [7, 11) is 0. The summed E-state index contributed by atoms with van der Waals surface area (Å²) < 4.78 is 7.59. The van der Waals surface area contributed by atoms with Crippen molar-refractivity contribution in [3.8, 4) is 0 Å². The first-order valence-electron chi connectivity index (χ1n) is 5.97. The van der Waals surface area contributed by atoms with E-state index < -0.39 is 0 Å². The molecular weight excluding hydrogens is 382 g/mol. The van der Waals surface area contributed by atoms with Crippen molar-refractivity contribution in [3.63, 3.8) is 0 Å². The van der Waals surface area contributed by atoms with Crippen LogP contribution in [0.25, 0.3) is 0 Å². The van der Waals surface area contributed by atoms with Crippen LogP contribution in [0.4, 0.5) is 0 Å². The summed E-state index contributed by atoms with van der Waals surface area (Å²) in [6.07, 6.45) is 2.03. The molecule has 0 spiro atoms. The Morgan fingerprint density at radius 1 is 1.61 bits per heavy atom.